The number of hydrogen-bond donors (Lipinski definition) is 6. The molecule has 13 heteroatoms. The van der Waals surface area contributed by atoms with E-state index >= 15 is 0 Å². The van der Waals surface area contributed by atoms with Crippen molar-refractivity contribution in [3.05, 3.63) is 12.2 Å². The predicted molar refractivity (Wildman–Crippen MR) is 163 cm³/mol. The minimum absolute atomic E-state index is 0. The predicted octanol–water partition coefficient (Wildman–Crippen LogP) is 4.94. The molecule has 0 spiro atoms. The van der Waals surface area contributed by atoms with Crippen molar-refractivity contribution in [1.82, 2.24) is 30.4 Å². The zero-order valence-electron chi connectivity index (χ0n) is 26.6. The van der Waals surface area contributed by atoms with Crippen molar-refractivity contribution in [3.8, 4) is 0 Å². The van der Waals surface area contributed by atoms with E-state index in [2.05, 4.69) is 6.08 Å². The molecule has 0 aliphatic carbocycles. The summed E-state index contributed by atoms with van der Waals surface area (Å²) in [5.41, 5.74) is 0. The Kier molecular flexibility index (Phi) is 30.3. The number of rotatable bonds is 0. The van der Waals surface area contributed by atoms with Gasteiger partial charge in [-0.3, -0.25) is 0 Å². The molecule has 0 aromatic heterocycles. The Bertz CT molecular complexity index is 507. The largest absolute Gasteiger partial charge is 2.00 e. The number of hydroxylamine groups is 12. The van der Waals surface area contributed by atoms with Crippen LogP contribution in [0, 0.1) is 0 Å². The van der Waals surface area contributed by atoms with Gasteiger partial charge in [0, 0.05) is 78.5 Å². The zero-order chi connectivity index (χ0) is 30.7. The molecule has 0 unspecified atom stereocenters. The molecule has 6 aliphatic rings. The second-order valence-corrected chi connectivity index (χ2v) is 11.7. The maximum atomic E-state index is 8.74. The van der Waals surface area contributed by atoms with Gasteiger partial charge in [0.2, 0.25) is 0 Å². The third-order valence-electron chi connectivity index (χ3n) is 7.70. The maximum absolute atomic E-state index is 8.74. The monoisotopic (exact) mass is 667 g/mol. The van der Waals surface area contributed by atoms with Crippen LogP contribution in [0.4, 0.5) is 0 Å². The first-order chi connectivity index (χ1) is 20.4. The topological polar surface area (TPSA) is 141 Å². The summed E-state index contributed by atoms with van der Waals surface area (Å²) in [7, 11) is 0. The van der Waals surface area contributed by atoms with Crippen molar-refractivity contribution in [2.24, 2.45) is 0 Å². The van der Waals surface area contributed by atoms with Gasteiger partial charge in [-0.2, -0.15) is 30.4 Å². The maximum Gasteiger partial charge on any atom is 2.00 e. The van der Waals surface area contributed by atoms with Crippen LogP contribution in [0.1, 0.15) is 103 Å². The van der Waals surface area contributed by atoms with Gasteiger partial charge in [-0.25, -0.2) is 0 Å². The van der Waals surface area contributed by atoms with E-state index in [1.165, 1.54) is 62.5 Å². The molecule has 5 fully saturated rings. The van der Waals surface area contributed by atoms with E-state index in [9.17, 15) is 0 Å². The SMILES string of the molecule is ON1CC=CCC1.ON1CCCCC1.ON1CCCCC1.ON1CCCCC1.ON1CCCCC1.ON1CCCCC1.[Cu+2]. The van der Waals surface area contributed by atoms with Gasteiger partial charge >= 0.3 is 17.1 Å². The van der Waals surface area contributed by atoms with Gasteiger partial charge in [-0.15, -0.1) is 0 Å². The summed E-state index contributed by atoms with van der Waals surface area (Å²) in [5.74, 6) is 0. The molecule has 6 N–H and O–H groups in total. The molecule has 6 rings (SSSR count). The summed E-state index contributed by atoms with van der Waals surface area (Å²) in [6.07, 6.45) is 23.1. The minimum atomic E-state index is 0. The van der Waals surface area contributed by atoms with Crippen molar-refractivity contribution >= 4 is 0 Å². The molecule has 0 saturated carbocycles. The van der Waals surface area contributed by atoms with E-state index in [4.69, 9.17) is 31.2 Å². The van der Waals surface area contributed by atoms with E-state index in [-0.39, 0.29) is 17.1 Å². The van der Waals surface area contributed by atoms with Gasteiger partial charge in [0.15, 0.2) is 0 Å². The van der Waals surface area contributed by atoms with Crippen molar-refractivity contribution in [1.29, 1.82) is 0 Å². The Morgan fingerprint density at radius 1 is 0.279 bits per heavy atom. The van der Waals surface area contributed by atoms with Crippen LogP contribution in [0.15, 0.2) is 12.2 Å². The van der Waals surface area contributed by atoms with Crippen LogP contribution < -0.4 is 0 Å². The van der Waals surface area contributed by atoms with Gasteiger partial charge in [0.1, 0.15) is 0 Å². The third-order valence-corrected chi connectivity index (χ3v) is 7.70. The Labute approximate surface area is 271 Å². The van der Waals surface area contributed by atoms with E-state index < -0.39 is 0 Å². The van der Waals surface area contributed by atoms with Gasteiger partial charge < -0.3 is 31.2 Å². The van der Waals surface area contributed by atoms with Crippen LogP contribution >= 0.6 is 0 Å². The first kappa shape index (κ1) is 42.8. The molecule has 12 nitrogen and oxygen atoms in total. The van der Waals surface area contributed by atoms with E-state index in [0.717, 1.165) is 143 Å². The minimum Gasteiger partial charge on any atom is -0.314 e. The summed E-state index contributed by atoms with van der Waals surface area (Å²) in [4.78, 5) is 0. The van der Waals surface area contributed by atoms with Crippen molar-refractivity contribution in [2.45, 2.75) is 103 Å². The fraction of sp³-hybridized carbons (Fsp3) is 0.933. The standard InChI is InChI=1S/5C5H11NO.C5H9NO.Cu/c6*7-6-4-2-1-3-5-6;/h5*7H,1-5H2;1-2,7H,3-5H2;/q;;;;;;+2. The number of nitrogens with zero attached hydrogens (tertiary/aromatic N) is 6. The van der Waals surface area contributed by atoms with Gasteiger partial charge in [-0.1, -0.05) is 44.3 Å². The molecule has 0 aromatic carbocycles. The van der Waals surface area contributed by atoms with Gasteiger partial charge in [-0.05, 0) is 70.6 Å². The fourth-order valence-electron chi connectivity index (χ4n) is 5.01. The van der Waals surface area contributed by atoms with Gasteiger partial charge in [0.05, 0.1) is 0 Å². The van der Waals surface area contributed by atoms with Crippen LogP contribution in [0.5, 0.6) is 0 Å². The Balaban J connectivity index is 0.000000490. The fourth-order valence-corrected chi connectivity index (χ4v) is 5.01. The molecule has 259 valence electrons. The Hall–Kier alpha value is -0.221. The van der Waals surface area contributed by atoms with Crippen LogP contribution in [-0.4, -0.2) is 140 Å². The molecule has 43 heavy (non-hydrogen) atoms. The van der Waals surface area contributed by atoms with E-state index in [0.29, 0.717) is 6.54 Å². The van der Waals surface area contributed by atoms with Crippen LogP contribution in [0.25, 0.3) is 0 Å². The molecule has 0 atom stereocenters. The molecule has 6 heterocycles. The molecule has 0 aromatic rings. The molecule has 5 saturated heterocycles. The normalized spacial score (nSPS) is 24.3. The average molecular weight is 668 g/mol. The van der Waals surface area contributed by atoms with Crippen LogP contribution in [0.3, 0.4) is 0 Å². The second-order valence-electron chi connectivity index (χ2n) is 11.7. The molecule has 0 bridgehead atoms. The van der Waals surface area contributed by atoms with Gasteiger partial charge in [0.25, 0.3) is 0 Å². The first-order valence-electron chi connectivity index (χ1n) is 16.6. The zero-order valence-corrected chi connectivity index (χ0v) is 27.6. The molecule has 1 radical (unpaired) electrons. The Morgan fingerprint density at radius 2 is 0.512 bits per heavy atom. The van der Waals surface area contributed by atoms with Crippen LogP contribution in [-0.2, 0) is 17.1 Å². The molecule has 6 aliphatic heterocycles. The average Bonchev–Trinajstić information content (AvgIpc) is 3.01. The summed E-state index contributed by atoms with van der Waals surface area (Å²) < 4.78 is 0. The summed E-state index contributed by atoms with van der Waals surface area (Å²) in [6, 6.07) is 0. The molecular formula is C30H64CuN6O6+2. The van der Waals surface area contributed by atoms with Crippen LogP contribution in [0.2, 0.25) is 0 Å². The second kappa shape index (κ2) is 30.4. The first-order valence-corrected chi connectivity index (χ1v) is 16.6. The van der Waals surface area contributed by atoms with Crippen molar-refractivity contribution < 1.29 is 48.3 Å². The smallest absolute Gasteiger partial charge is 0.314 e. The van der Waals surface area contributed by atoms with E-state index in [1.807, 2.05) is 6.08 Å². The number of piperidine rings is 5. The Morgan fingerprint density at radius 3 is 0.605 bits per heavy atom. The summed E-state index contributed by atoms with van der Waals surface area (Å²) >= 11 is 0. The summed E-state index contributed by atoms with van der Waals surface area (Å²) in [6.45, 7) is 10.2. The number of hydrogen-bond acceptors (Lipinski definition) is 12. The molecule has 0 amide bonds. The van der Waals surface area contributed by atoms with Crippen molar-refractivity contribution in [3.63, 3.8) is 0 Å². The third kappa shape index (κ3) is 29.0. The molecular weight excluding hydrogens is 604 g/mol. The van der Waals surface area contributed by atoms with E-state index in [1.54, 1.807) is 0 Å². The summed E-state index contributed by atoms with van der Waals surface area (Å²) in [5, 5.41) is 60.7. The quantitative estimate of drug-likeness (QED) is 0.154. The van der Waals surface area contributed by atoms with Crippen molar-refractivity contribution in [2.75, 3.05) is 78.5 Å².